The molecule has 1 N–H and O–H groups in total. The lowest BCUT2D eigenvalue weighted by Crippen LogP contribution is -2.44. The first-order valence-electron chi connectivity index (χ1n) is 11.9. The average molecular weight is 535 g/mol. The molecule has 36 heavy (non-hydrogen) atoms. The van der Waals surface area contributed by atoms with E-state index in [0.717, 1.165) is 6.07 Å². The number of hydrogen-bond donors (Lipinski definition) is 1. The molecule has 2 fully saturated rings. The molecule has 2 aromatic rings. The van der Waals surface area contributed by atoms with E-state index in [1.165, 1.54) is 17.4 Å². The van der Waals surface area contributed by atoms with Crippen molar-refractivity contribution >= 4 is 33.2 Å². The van der Waals surface area contributed by atoms with Gasteiger partial charge in [0.25, 0.3) is 0 Å². The molecule has 1 unspecified atom stereocenters. The number of benzene rings is 1. The number of halogens is 2. The van der Waals surface area contributed by atoms with Crippen molar-refractivity contribution in [1.29, 1.82) is 0 Å². The number of carbonyl (C=O) groups excluding carboxylic acids is 1. The molecule has 1 aromatic carbocycles. The fraction of sp³-hybridized carbons (Fsp3) is 0.458. The molecule has 2 aliphatic heterocycles. The van der Waals surface area contributed by atoms with Crippen LogP contribution in [0.2, 0.25) is 0 Å². The Kier molecular flexibility index (Phi) is 5.54. The zero-order valence-corrected chi connectivity index (χ0v) is 21.1. The molecule has 6 rings (SSSR count). The summed E-state index contributed by atoms with van der Waals surface area (Å²) in [6, 6.07) is 2.06. The Labute approximate surface area is 211 Å². The van der Waals surface area contributed by atoms with Crippen LogP contribution < -0.4 is 4.72 Å². The van der Waals surface area contributed by atoms with Crippen LogP contribution in [0.5, 0.6) is 0 Å². The normalized spacial score (nSPS) is 25.2. The van der Waals surface area contributed by atoms with Crippen molar-refractivity contribution in [3.63, 3.8) is 0 Å². The number of nitrogens with zero attached hydrogens (tertiary/aromatic N) is 3. The van der Waals surface area contributed by atoms with Crippen LogP contribution in [0.25, 0.3) is 0 Å². The summed E-state index contributed by atoms with van der Waals surface area (Å²) in [5.74, 6) is -2.00. The van der Waals surface area contributed by atoms with Crippen molar-refractivity contribution in [2.45, 2.75) is 55.9 Å². The van der Waals surface area contributed by atoms with Crippen LogP contribution in [0.15, 0.2) is 40.0 Å². The van der Waals surface area contributed by atoms with Crippen LogP contribution in [0.3, 0.4) is 0 Å². The van der Waals surface area contributed by atoms with Crippen LogP contribution in [-0.2, 0) is 31.5 Å². The maximum Gasteiger partial charge on any atom is 0.338 e. The Morgan fingerprint density at radius 3 is 2.83 bits per heavy atom. The number of sulfonamides is 1. The van der Waals surface area contributed by atoms with Crippen molar-refractivity contribution in [3.05, 3.63) is 62.7 Å². The zero-order chi connectivity index (χ0) is 25.2. The minimum atomic E-state index is -3.48. The van der Waals surface area contributed by atoms with Crippen molar-refractivity contribution in [1.82, 2.24) is 14.6 Å². The van der Waals surface area contributed by atoms with Crippen LogP contribution in [0, 0.1) is 11.6 Å². The van der Waals surface area contributed by atoms with Gasteiger partial charge in [0, 0.05) is 36.3 Å². The number of nitrogens with one attached hydrogen (secondary N) is 1. The third-order valence-corrected chi connectivity index (χ3v) is 9.98. The number of amidine groups is 1. The standard InChI is InChI=1S/C24H24F2N4O4S2/c1-2-34-23(31)19-18-11-13(29-36(32,33)14-3-4-14)12-30(18)21(22-27-9-10-35-22)28-24(19)8-7-15-16(24)5-6-17(25)20(15)26/h5-6,9-10,13-14,29H,2-4,7-8,11-12H2,1H3/t13-,24?/m0/s1. The topological polar surface area (TPSA) is 101 Å². The van der Waals surface area contributed by atoms with E-state index in [9.17, 15) is 22.0 Å². The number of aliphatic imine (C=N–C) groups is 1. The van der Waals surface area contributed by atoms with Crippen LogP contribution >= 0.6 is 11.3 Å². The summed E-state index contributed by atoms with van der Waals surface area (Å²) in [7, 11) is -3.48. The fourth-order valence-electron chi connectivity index (χ4n) is 5.54. The van der Waals surface area contributed by atoms with Crippen molar-refractivity contribution in [2.75, 3.05) is 13.2 Å². The SMILES string of the molecule is CCOC(=O)C1=C2C[C@H](NS(=O)(=O)C3CC3)CN2C(c2nccs2)=NC12CCc1c2ccc(F)c1F. The van der Waals surface area contributed by atoms with Gasteiger partial charge >= 0.3 is 5.97 Å². The molecule has 190 valence electrons. The second-order valence-electron chi connectivity index (χ2n) is 9.44. The first kappa shape index (κ1) is 23.7. The van der Waals surface area contributed by atoms with Gasteiger partial charge in [-0.05, 0) is 49.8 Å². The molecule has 2 atom stereocenters. The molecular weight excluding hydrogens is 510 g/mol. The predicted octanol–water partition coefficient (Wildman–Crippen LogP) is 3.00. The summed E-state index contributed by atoms with van der Waals surface area (Å²) in [4.78, 5) is 24.8. The second kappa shape index (κ2) is 8.42. The smallest absolute Gasteiger partial charge is 0.338 e. The summed E-state index contributed by atoms with van der Waals surface area (Å²) in [5, 5.41) is 2.01. The van der Waals surface area contributed by atoms with Gasteiger partial charge < -0.3 is 9.64 Å². The van der Waals surface area contributed by atoms with E-state index in [1.807, 2.05) is 4.90 Å². The van der Waals surface area contributed by atoms with Gasteiger partial charge in [-0.3, -0.25) is 0 Å². The molecule has 1 aromatic heterocycles. The summed E-state index contributed by atoms with van der Waals surface area (Å²) >= 11 is 1.36. The number of rotatable bonds is 6. The monoisotopic (exact) mass is 534 g/mol. The molecule has 2 aliphatic carbocycles. The molecule has 0 bridgehead atoms. The first-order chi connectivity index (χ1) is 17.2. The lowest BCUT2D eigenvalue weighted by atomic mass is 9.81. The van der Waals surface area contributed by atoms with E-state index in [0.29, 0.717) is 34.9 Å². The summed E-state index contributed by atoms with van der Waals surface area (Å²) in [6.07, 6.45) is 3.60. The lowest BCUT2D eigenvalue weighted by Gasteiger charge is -2.38. The first-order valence-corrected chi connectivity index (χ1v) is 14.3. The third kappa shape index (κ3) is 3.60. The predicted molar refractivity (Wildman–Crippen MR) is 129 cm³/mol. The fourth-order valence-corrected chi connectivity index (χ4v) is 7.74. The average Bonchev–Trinajstić information content (AvgIpc) is 3.26. The van der Waals surface area contributed by atoms with Gasteiger partial charge in [0.2, 0.25) is 10.0 Å². The highest BCUT2D eigenvalue weighted by molar-refractivity contribution is 7.90. The van der Waals surface area contributed by atoms with Gasteiger partial charge in [0.05, 0.1) is 17.4 Å². The minimum Gasteiger partial charge on any atom is -0.463 e. The molecule has 1 spiro atoms. The van der Waals surface area contributed by atoms with E-state index >= 15 is 0 Å². The molecule has 12 heteroatoms. The number of thiazole rings is 1. The van der Waals surface area contributed by atoms with Gasteiger partial charge in [-0.25, -0.2) is 36.7 Å². The zero-order valence-electron chi connectivity index (χ0n) is 19.5. The lowest BCUT2D eigenvalue weighted by molar-refractivity contribution is -0.139. The van der Waals surface area contributed by atoms with E-state index in [2.05, 4.69) is 9.71 Å². The number of hydrogen-bond acceptors (Lipinski definition) is 8. The van der Waals surface area contributed by atoms with E-state index < -0.39 is 39.2 Å². The Balaban J connectivity index is 1.54. The van der Waals surface area contributed by atoms with E-state index in [1.54, 1.807) is 18.5 Å². The highest BCUT2D eigenvalue weighted by atomic mass is 32.2. The third-order valence-electron chi connectivity index (χ3n) is 7.20. The van der Waals surface area contributed by atoms with Gasteiger partial charge in [-0.15, -0.1) is 11.3 Å². The van der Waals surface area contributed by atoms with Gasteiger partial charge in [0.1, 0.15) is 5.54 Å². The highest BCUT2D eigenvalue weighted by Gasteiger charge is 2.54. The number of ether oxygens (including phenoxy) is 1. The van der Waals surface area contributed by atoms with Gasteiger partial charge in [-0.1, -0.05) is 6.07 Å². The van der Waals surface area contributed by atoms with Crippen molar-refractivity contribution in [3.8, 4) is 0 Å². The summed E-state index contributed by atoms with van der Waals surface area (Å²) in [6.45, 7) is 2.08. The molecule has 4 aliphatic rings. The number of esters is 1. The second-order valence-corrected chi connectivity index (χ2v) is 12.3. The molecule has 8 nitrogen and oxygen atoms in total. The minimum absolute atomic E-state index is 0.122. The van der Waals surface area contributed by atoms with Crippen molar-refractivity contribution in [2.24, 2.45) is 4.99 Å². The van der Waals surface area contributed by atoms with E-state index in [4.69, 9.17) is 9.73 Å². The number of carbonyl (C=O) groups is 1. The Hall–Kier alpha value is -2.70. The van der Waals surface area contributed by atoms with Crippen molar-refractivity contribution < 1.29 is 26.7 Å². The van der Waals surface area contributed by atoms with Crippen LogP contribution in [0.4, 0.5) is 8.78 Å². The van der Waals surface area contributed by atoms with Crippen LogP contribution in [-0.4, -0.2) is 54.6 Å². The van der Waals surface area contributed by atoms with Gasteiger partial charge in [0.15, 0.2) is 22.5 Å². The summed E-state index contributed by atoms with van der Waals surface area (Å²) < 4.78 is 62.6. The number of aromatic nitrogens is 1. The van der Waals surface area contributed by atoms with Gasteiger partial charge in [-0.2, -0.15) is 0 Å². The Morgan fingerprint density at radius 1 is 1.33 bits per heavy atom. The Morgan fingerprint density at radius 2 is 2.14 bits per heavy atom. The summed E-state index contributed by atoms with van der Waals surface area (Å²) in [5.41, 5.74) is 0.162. The highest BCUT2D eigenvalue weighted by Crippen LogP contribution is 2.52. The maximum atomic E-state index is 14.8. The number of fused-ring (bicyclic) bond motifs is 3. The maximum absolute atomic E-state index is 14.8. The Bertz CT molecular complexity index is 1420. The van der Waals surface area contributed by atoms with Crippen LogP contribution in [0.1, 0.15) is 48.7 Å². The molecule has 0 radical (unpaired) electrons. The van der Waals surface area contributed by atoms with E-state index in [-0.39, 0.29) is 48.8 Å². The molecule has 1 saturated heterocycles. The molecule has 0 amide bonds. The molecule has 3 heterocycles. The molecule has 1 saturated carbocycles. The largest absolute Gasteiger partial charge is 0.463 e. The quantitative estimate of drug-likeness (QED) is 0.572. The molecular formula is C24H24F2N4O4S2.